The predicted molar refractivity (Wildman–Crippen MR) is 92.8 cm³/mol. The standard InChI is InChI=1S/C16H18N2O6S/c1-4-17(13-10-9-12(23-2)11-15(13)24-3)25(21,22)16-8-6-5-7-14(16)18(19)20/h5-11H,4H2,1-3H3. The van der Waals surface area contributed by atoms with Gasteiger partial charge in [0, 0.05) is 18.7 Å². The first-order valence-electron chi connectivity index (χ1n) is 7.35. The van der Waals surface area contributed by atoms with Crippen LogP contribution in [0.15, 0.2) is 47.4 Å². The summed E-state index contributed by atoms with van der Waals surface area (Å²) < 4.78 is 37.5. The fourth-order valence-electron chi connectivity index (χ4n) is 2.41. The molecular weight excluding hydrogens is 348 g/mol. The lowest BCUT2D eigenvalue weighted by molar-refractivity contribution is -0.387. The second kappa shape index (κ2) is 7.39. The molecule has 0 unspecified atom stereocenters. The highest BCUT2D eigenvalue weighted by molar-refractivity contribution is 7.93. The summed E-state index contributed by atoms with van der Waals surface area (Å²) in [5, 5.41) is 11.2. The van der Waals surface area contributed by atoms with Gasteiger partial charge in [0.2, 0.25) is 0 Å². The topological polar surface area (TPSA) is 99.0 Å². The van der Waals surface area contributed by atoms with E-state index in [-0.39, 0.29) is 22.9 Å². The minimum absolute atomic E-state index is 0.0665. The summed E-state index contributed by atoms with van der Waals surface area (Å²) in [5.74, 6) is 0.781. The quantitative estimate of drug-likeness (QED) is 0.552. The Balaban J connectivity index is 2.63. The molecule has 0 aliphatic rings. The van der Waals surface area contributed by atoms with E-state index in [1.54, 1.807) is 19.1 Å². The second-order valence-corrected chi connectivity index (χ2v) is 6.76. The van der Waals surface area contributed by atoms with Gasteiger partial charge in [-0.2, -0.15) is 0 Å². The molecule has 0 heterocycles. The van der Waals surface area contributed by atoms with Crippen molar-refractivity contribution in [1.82, 2.24) is 0 Å². The molecule has 0 spiro atoms. The molecule has 2 aromatic carbocycles. The third kappa shape index (κ3) is 3.50. The minimum Gasteiger partial charge on any atom is -0.497 e. The largest absolute Gasteiger partial charge is 0.497 e. The van der Waals surface area contributed by atoms with Crippen LogP contribution in [0, 0.1) is 10.1 Å². The lowest BCUT2D eigenvalue weighted by atomic mass is 10.2. The van der Waals surface area contributed by atoms with E-state index in [1.807, 2.05) is 0 Å². The Morgan fingerprint density at radius 2 is 1.80 bits per heavy atom. The Hall–Kier alpha value is -2.81. The number of methoxy groups -OCH3 is 2. The van der Waals surface area contributed by atoms with Crippen LogP contribution < -0.4 is 13.8 Å². The maximum atomic E-state index is 13.0. The molecule has 0 aromatic heterocycles. The average Bonchev–Trinajstić information content (AvgIpc) is 2.62. The number of benzene rings is 2. The third-order valence-corrected chi connectivity index (χ3v) is 5.51. The molecule has 8 nitrogen and oxygen atoms in total. The van der Waals surface area contributed by atoms with Crippen molar-refractivity contribution in [2.75, 3.05) is 25.1 Å². The van der Waals surface area contributed by atoms with Crippen LogP contribution >= 0.6 is 0 Å². The first-order chi connectivity index (χ1) is 11.9. The van der Waals surface area contributed by atoms with Crippen LogP contribution in [0.5, 0.6) is 11.5 Å². The van der Waals surface area contributed by atoms with Crippen LogP contribution in [0.3, 0.4) is 0 Å². The van der Waals surface area contributed by atoms with Crippen molar-refractivity contribution in [3.8, 4) is 11.5 Å². The van der Waals surface area contributed by atoms with Gasteiger partial charge >= 0.3 is 0 Å². The van der Waals surface area contributed by atoms with Crippen molar-refractivity contribution < 1.29 is 22.8 Å². The Kier molecular flexibility index (Phi) is 5.48. The number of rotatable bonds is 7. The molecule has 25 heavy (non-hydrogen) atoms. The summed E-state index contributed by atoms with van der Waals surface area (Å²) in [6, 6.07) is 9.91. The molecule has 0 fully saturated rings. The van der Waals surface area contributed by atoms with Gasteiger partial charge in [0.1, 0.15) is 11.5 Å². The van der Waals surface area contributed by atoms with Gasteiger partial charge < -0.3 is 9.47 Å². The molecule has 0 aliphatic heterocycles. The van der Waals surface area contributed by atoms with Crippen LogP contribution in [0.4, 0.5) is 11.4 Å². The van der Waals surface area contributed by atoms with E-state index in [2.05, 4.69) is 0 Å². The Labute approximate surface area is 145 Å². The predicted octanol–water partition coefficient (Wildman–Crippen LogP) is 2.83. The SMILES string of the molecule is CCN(c1ccc(OC)cc1OC)S(=O)(=O)c1ccccc1[N+](=O)[O-]. The van der Waals surface area contributed by atoms with E-state index in [1.165, 1.54) is 38.5 Å². The number of hydrogen-bond acceptors (Lipinski definition) is 6. The lowest BCUT2D eigenvalue weighted by Crippen LogP contribution is -2.31. The molecule has 0 saturated heterocycles. The van der Waals surface area contributed by atoms with E-state index < -0.39 is 20.6 Å². The highest BCUT2D eigenvalue weighted by Gasteiger charge is 2.32. The summed E-state index contributed by atoms with van der Waals surface area (Å²) in [6.45, 7) is 1.70. The number of nitrogens with zero attached hydrogens (tertiary/aromatic N) is 2. The summed E-state index contributed by atoms with van der Waals surface area (Å²) >= 11 is 0. The first kappa shape index (κ1) is 18.5. The summed E-state index contributed by atoms with van der Waals surface area (Å²) in [5.41, 5.74) is -0.211. The molecule has 0 radical (unpaired) electrons. The molecule has 9 heteroatoms. The molecule has 0 atom stereocenters. The van der Waals surface area contributed by atoms with Gasteiger partial charge in [0.25, 0.3) is 15.7 Å². The summed E-state index contributed by atoms with van der Waals surface area (Å²) in [4.78, 5) is 10.1. The van der Waals surface area contributed by atoms with Gasteiger partial charge in [-0.05, 0) is 25.1 Å². The molecule has 134 valence electrons. The monoisotopic (exact) mass is 366 g/mol. The minimum atomic E-state index is -4.16. The summed E-state index contributed by atoms with van der Waals surface area (Å²) in [6.07, 6.45) is 0. The van der Waals surface area contributed by atoms with Gasteiger partial charge in [-0.3, -0.25) is 14.4 Å². The Bertz CT molecular complexity index is 882. The van der Waals surface area contributed by atoms with Crippen molar-refractivity contribution in [3.63, 3.8) is 0 Å². The number of anilines is 1. The smallest absolute Gasteiger partial charge is 0.289 e. The zero-order valence-corrected chi connectivity index (χ0v) is 14.8. The van der Waals surface area contributed by atoms with Crippen LogP contribution in [-0.4, -0.2) is 34.1 Å². The van der Waals surface area contributed by atoms with Gasteiger partial charge in [-0.1, -0.05) is 12.1 Å². The summed E-state index contributed by atoms with van der Waals surface area (Å²) in [7, 11) is -1.27. The molecular formula is C16H18N2O6S. The van der Waals surface area contributed by atoms with Crippen LogP contribution in [0.25, 0.3) is 0 Å². The van der Waals surface area contributed by atoms with E-state index in [0.717, 1.165) is 10.4 Å². The fourth-order valence-corrected chi connectivity index (χ4v) is 4.05. The highest BCUT2D eigenvalue weighted by Crippen LogP contribution is 2.36. The van der Waals surface area contributed by atoms with E-state index in [9.17, 15) is 18.5 Å². The van der Waals surface area contributed by atoms with Crippen LogP contribution in [0.1, 0.15) is 6.92 Å². The number of para-hydroxylation sites is 1. The van der Waals surface area contributed by atoms with Gasteiger partial charge in [0.15, 0.2) is 4.90 Å². The normalized spacial score (nSPS) is 11.0. The number of hydrogen-bond donors (Lipinski definition) is 0. The van der Waals surface area contributed by atoms with Crippen LogP contribution in [0.2, 0.25) is 0 Å². The molecule has 2 rings (SSSR count). The molecule has 0 N–H and O–H groups in total. The second-order valence-electron chi connectivity index (χ2n) is 4.93. The van der Waals surface area contributed by atoms with Gasteiger partial charge in [-0.25, -0.2) is 8.42 Å². The highest BCUT2D eigenvalue weighted by atomic mass is 32.2. The van der Waals surface area contributed by atoms with E-state index >= 15 is 0 Å². The third-order valence-electron chi connectivity index (χ3n) is 3.57. The number of nitro groups is 1. The lowest BCUT2D eigenvalue weighted by Gasteiger charge is -2.24. The van der Waals surface area contributed by atoms with E-state index in [0.29, 0.717) is 5.75 Å². The number of nitro benzene ring substituents is 1. The van der Waals surface area contributed by atoms with Crippen molar-refractivity contribution in [2.45, 2.75) is 11.8 Å². The van der Waals surface area contributed by atoms with Crippen molar-refractivity contribution >= 4 is 21.4 Å². The van der Waals surface area contributed by atoms with Crippen molar-refractivity contribution in [3.05, 3.63) is 52.6 Å². The van der Waals surface area contributed by atoms with E-state index in [4.69, 9.17) is 9.47 Å². The Morgan fingerprint density at radius 3 is 2.36 bits per heavy atom. The molecule has 2 aromatic rings. The van der Waals surface area contributed by atoms with Gasteiger partial charge in [-0.15, -0.1) is 0 Å². The maximum absolute atomic E-state index is 13.0. The zero-order valence-electron chi connectivity index (χ0n) is 14.0. The molecule has 0 amide bonds. The zero-order chi connectivity index (χ0) is 18.6. The fraction of sp³-hybridized carbons (Fsp3) is 0.250. The average molecular weight is 366 g/mol. The Morgan fingerprint density at radius 1 is 1.12 bits per heavy atom. The molecule has 0 bridgehead atoms. The molecule has 0 aliphatic carbocycles. The first-order valence-corrected chi connectivity index (χ1v) is 8.79. The van der Waals surface area contributed by atoms with Crippen molar-refractivity contribution in [2.24, 2.45) is 0 Å². The van der Waals surface area contributed by atoms with Crippen LogP contribution in [-0.2, 0) is 10.0 Å². The van der Waals surface area contributed by atoms with Gasteiger partial charge in [0.05, 0.1) is 24.8 Å². The number of sulfonamides is 1. The number of ether oxygens (including phenoxy) is 2. The molecule has 0 saturated carbocycles. The maximum Gasteiger partial charge on any atom is 0.289 e. The van der Waals surface area contributed by atoms with Crippen molar-refractivity contribution in [1.29, 1.82) is 0 Å².